The number of rotatable bonds is 5. The van der Waals surface area contributed by atoms with E-state index >= 15 is 0 Å². The molecule has 144 valence electrons. The number of aryl methyl sites for hydroxylation is 1. The average Bonchev–Trinajstić information content (AvgIpc) is 2.68. The Balaban J connectivity index is 1.90. The maximum atomic E-state index is 13.3. The van der Waals surface area contributed by atoms with Crippen LogP contribution in [-0.4, -0.2) is 21.4 Å². The maximum Gasteiger partial charge on any atom is 0.264 e. The number of para-hydroxylation sites is 1. The number of nitrogens with zero attached hydrogens (tertiary/aromatic N) is 1. The largest absolute Gasteiger partial charge is 0.322 e. The van der Waals surface area contributed by atoms with Gasteiger partial charge in [0, 0.05) is 18.3 Å². The first-order valence-electron chi connectivity index (χ1n) is 8.50. The Morgan fingerprint density at radius 2 is 1.68 bits per heavy atom. The molecule has 28 heavy (non-hydrogen) atoms. The maximum absolute atomic E-state index is 13.3. The van der Waals surface area contributed by atoms with Gasteiger partial charge in [0.1, 0.15) is 5.82 Å². The number of hydrogen-bond acceptors (Lipinski definition) is 3. The summed E-state index contributed by atoms with van der Waals surface area (Å²) in [5, 5.41) is 2.56. The molecule has 5 nitrogen and oxygen atoms in total. The van der Waals surface area contributed by atoms with Gasteiger partial charge >= 0.3 is 0 Å². The van der Waals surface area contributed by atoms with Crippen LogP contribution in [0.2, 0.25) is 0 Å². The van der Waals surface area contributed by atoms with Crippen LogP contribution >= 0.6 is 0 Å². The molecule has 7 heteroatoms. The Kier molecular flexibility index (Phi) is 5.46. The van der Waals surface area contributed by atoms with Crippen LogP contribution in [0.1, 0.15) is 15.9 Å². The van der Waals surface area contributed by atoms with Gasteiger partial charge in [-0.1, -0.05) is 30.3 Å². The van der Waals surface area contributed by atoms with E-state index < -0.39 is 21.7 Å². The minimum Gasteiger partial charge on any atom is -0.322 e. The zero-order chi connectivity index (χ0) is 20.3. The summed E-state index contributed by atoms with van der Waals surface area (Å²) in [6, 6.07) is 18.3. The van der Waals surface area contributed by atoms with Crippen molar-refractivity contribution in [1.29, 1.82) is 0 Å². The van der Waals surface area contributed by atoms with E-state index in [1.807, 2.05) is 19.1 Å². The van der Waals surface area contributed by atoms with Crippen molar-refractivity contribution in [2.45, 2.75) is 11.8 Å². The second-order valence-electron chi connectivity index (χ2n) is 6.25. The lowest BCUT2D eigenvalue weighted by atomic mass is 10.2. The third-order valence-electron chi connectivity index (χ3n) is 4.29. The molecule has 0 aromatic heterocycles. The minimum absolute atomic E-state index is 0.00912. The molecule has 0 aliphatic carbocycles. The smallest absolute Gasteiger partial charge is 0.264 e. The normalized spacial score (nSPS) is 11.1. The zero-order valence-corrected chi connectivity index (χ0v) is 16.2. The van der Waals surface area contributed by atoms with Crippen LogP contribution in [0.25, 0.3) is 0 Å². The van der Waals surface area contributed by atoms with E-state index in [-0.39, 0.29) is 16.1 Å². The standard InChI is InChI=1S/C21H19FN2O3S/c1-15-7-3-4-12-20(15)24(2)28(26,27)19-11-5-8-16(13-19)21(25)23-18-10-6-9-17(22)14-18/h3-14H,1-2H3,(H,23,25). The average molecular weight is 398 g/mol. The number of nitrogens with one attached hydrogen (secondary N) is 1. The van der Waals surface area contributed by atoms with Gasteiger partial charge in [-0.15, -0.1) is 0 Å². The highest BCUT2D eigenvalue weighted by atomic mass is 32.2. The molecule has 0 fully saturated rings. The molecule has 0 aliphatic rings. The number of sulfonamides is 1. The summed E-state index contributed by atoms with van der Waals surface area (Å²) >= 11 is 0. The van der Waals surface area contributed by atoms with E-state index in [1.165, 1.54) is 53.8 Å². The molecule has 0 aliphatic heterocycles. The summed E-state index contributed by atoms with van der Waals surface area (Å²) in [5.74, 6) is -1.00. The number of carbonyl (C=O) groups is 1. The van der Waals surface area contributed by atoms with Crippen LogP contribution in [-0.2, 0) is 10.0 Å². The Morgan fingerprint density at radius 1 is 0.964 bits per heavy atom. The van der Waals surface area contributed by atoms with E-state index in [2.05, 4.69) is 5.32 Å². The minimum atomic E-state index is -3.86. The van der Waals surface area contributed by atoms with E-state index in [1.54, 1.807) is 18.2 Å². The first kappa shape index (κ1) is 19.6. The predicted molar refractivity (Wildman–Crippen MR) is 108 cm³/mol. The highest BCUT2D eigenvalue weighted by Gasteiger charge is 2.23. The lowest BCUT2D eigenvalue weighted by Gasteiger charge is -2.21. The molecule has 0 radical (unpaired) electrons. The van der Waals surface area contributed by atoms with Gasteiger partial charge in [-0.3, -0.25) is 9.10 Å². The van der Waals surface area contributed by atoms with Gasteiger partial charge in [0.2, 0.25) is 0 Å². The molecule has 0 saturated carbocycles. The summed E-state index contributed by atoms with van der Waals surface area (Å²) < 4.78 is 40.5. The summed E-state index contributed by atoms with van der Waals surface area (Å²) in [4.78, 5) is 12.4. The van der Waals surface area contributed by atoms with Gasteiger partial charge in [-0.2, -0.15) is 0 Å². The molecule has 0 heterocycles. The third-order valence-corrected chi connectivity index (χ3v) is 6.06. The Morgan fingerprint density at radius 3 is 2.39 bits per heavy atom. The van der Waals surface area contributed by atoms with Crippen molar-refractivity contribution in [1.82, 2.24) is 0 Å². The van der Waals surface area contributed by atoms with Gasteiger partial charge in [0.15, 0.2) is 0 Å². The quantitative estimate of drug-likeness (QED) is 0.700. The first-order valence-corrected chi connectivity index (χ1v) is 9.94. The fourth-order valence-electron chi connectivity index (χ4n) is 2.77. The summed E-state index contributed by atoms with van der Waals surface area (Å²) in [6.45, 7) is 1.82. The van der Waals surface area contributed by atoms with E-state index in [0.717, 1.165) is 5.56 Å². The molecular formula is C21H19FN2O3S. The van der Waals surface area contributed by atoms with Crippen molar-refractivity contribution < 1.29 is 17.6 Å². The van der Waals surface area contributed by atoms with Crippen molar-refractivity contribution in [3.63, 3.8) is 0 Å². The third kappa shape index (κ3) is 4.04. The van der Waals surface area contributed by atoms with Crippen LogP contribution in [0, 0.1) is 12.7 Å². The molecular weight excluding hydrogens is 379 g/mol. The highest BCUT2D eigenvalue weighted by molar-refractivity contribution is 7.92. The number of carbonyl (C=O) groups excluding carboxylic acids is 1. The molecule has 1 N–H and O–H groups in total. The summed E-state index contributed by atoms with van der Waals surface area (Å²) in [6.07, 6.45) is 0. The number of benzene rings is 3. The Bertz CT molecular complexity index is 1130. The molecule has 0 unspecified atom stereocenters. The second kappa shape index (κ2) is 7.82. The fraction of sp³-hybridized carbons (Fsp3) is 0.0952. The number of amides is 1. The number of anilines is 2. The van der Waals surface area contributed by atoms with E-state index in [9.17, 15) is 17.6 Å². The lowest BCUT2D eigenvalue weighted by Crippen LogP contribution is -2.27. The molecule has 1 amide bonds. The zero-order valence-electron chi connectivity index (χ0n) is 15.4. The monoisotopic (exact) mass is 398 g/mol. The van der Waals surface area contributed by atoms with Gasteiger partial charge < -0.3 is 5.32 Å². The molecule has 3 aromatic carbocycles. The predicted octanol–water partition coefficient (Wildman–Crippen LogP) is 4.21. The van der Waals surface area contributed by atoms with Crippen LogP contribution in [0.15, 0.2) is 77.7 Å². The van der Waals surface area contributed by atoms with Gasteiger partial charge in [0.05, 0.1) is 10.6 Å². The van der Waals surface area contributed by atoms with Crippen LogP contribution < -0.4 is 9.62 Å². The summed E-state index contributed by atoms with van der Waals surface area (Å²) in [7, 11) is -2.39. The van der Waals surface area contributed by atoms with Crippen molar-refractivity contribution in [2.24, 2.45) is 0 Å². The molecule has 3 rings (SSSR count). The molecule has 0 spiro atoms. The first-order chi connectivity index (χ1) is 13.3. The van der Waals surface area contributed by atoms with E-state index in [4.69, 9.17) is 0 Å². The second-order valence-corrected chi connectivity index (χ2v) is 8.22. The summed E-state index contributed by atoms with van der Waals surface area (Å²) in [5.41, 5.74) is 1.81. The fourth-order valence-corrected chi connectivity index (χ4v) is 4.08. The molecule has 0 bridgehead atoms. The highest BCUT2D eigenvalue weighted by Crippen LogP contribution is 2.25. The Hall–Kier alpha value is -3.19. The number of halogens is 1. The van der Waals surface area contributed by atoms with E-state index in [0.29, 0.717) is 5.69 Å². The van der Waals surface area contributed by atoms with Crippen molar-refractivity contribution in [3.8, 4) is 0 Å². The van der Waals surface area contributed by atoms with Crippen LogP contribution in [0.4, 0.5) is 15.8 Å². The van der Waals surface area contributed by atoms with Crippen molar-refractivity contribution in [2.75, 3.05) is 16.7 Å². The van der Waals surface area contributed by atoms with Gasteiger partial charge in [0.25, 0.3) is 15.9 Å². The topological polar surface area (TPSA) is 66.5 Å². The van der Waals surface area contributed by atoms with Crippen LogP contribution in [0.5, 0.6) is 0 Å². The van der Waals surface area contributed by atoms with Gasteiger partial charge in [-0.25, -0.2) is 12.8 Å². The lowest BCUT2D eigenvalue weighted by molar-refractivity contribution is 0.102. The Labute approximate surface area is 163 Å². The van der Waals surface area contributed by atoms with Gasteiger partial charge in [-0.05, 0) is 55.0 Å². The molecule has 0 atom stereocenters. The molecule has 3 aromatic rings. The van der Waals surface area contributed by atoms with Crippen molar-refractivity contribution in [3.05, 3.63) is 89.7 Å². The number of hydrogen-bond donors (Lipinski definition) is 1. The SMILES string of the molecule is Cc1ccccc1N(C)S(=O)(=O)c1cccc(C(=O)Nc2cccc(F)c2)c1. The van der Waals surface area contributed by atoms with Crippen molar-refractivity contribution >= 4 is 27.3 Å². The molecule has 0 saturated heterocycles. The van der Waals surface area contributed by atoms with Crippen LogP contribution in [0.3, 0.4) is 0 Å².